The molecule has 1 saturated heterocycles. The predicted octanol–water partition coefficient (Wildman–Crippen LogP) is 2.68. The number of rotatable bonds is 4. The molecule has 122 valence electrons. The standard InChI is InChI=1S/C17H25FN2O2/c1-17(2,3)22-16(21)20-15(13-10-19-11-14(13)18)9-12-7-5-4-6-8-12/h4-8,13-15,19H,9-11H2,1-3H3,(H,20,21). The maximum atomic E-state index is 14.1. The van der Waals surface area contributed by atoms with Crippen molar-refractivity contribution in [2.45, 2.75) is 45.0 Å². The van der Waals surface area contributed by atoms with E-state index in [0.29, 0.717) is 19.5 Å². The summed E-state index contributed by atoms with van der Waals surface area (Å²) in [6.45, 7) is 6.34. The van der Waals surface area contributed by atoms with Crippen LogP contribution in [0, 0.1) is 5.92 Å². The summed E-state index contributed by atoms with van der Waals surface area (Å²) in [4.78, 5) is 12.0. The van der Waals surface area contributed by atoms with E-state index in [-0.39, 0.29) is 12.0 Å². The van der Waals surface area contributed by atoms with Crippen molar-refractivity contribution >= 4 is 6.09 Å². The summed E-state index contributed by atoms with van der Waals surface area (Å²) in [5.74, 6) is -0.243. The highest BCUT2D eigenvalue weighted by atomic mass is 19.1. The van der Waals surface area contributed by atoms with Gasteiger partial charge in [-0.25, -0.2) is 9.18 Å². The molecule has 3 atom stereocenters. The molecule has 1 aromatic rings. The number of alkyl carbamates (subject to hydrolysis) is 1. The Labute approximate surface area is 131 Å². The van der Waals surface area contributed by atoms with Gasteiger partial charge in [0.15, 0.2) is 0 Å². The van der Waals surface area contributed by atoms with Crippen molar-refractivity contribution in [3.8, 4) is 0 Å². The van der Waals surface area contributed by atoms with Crippen LogP contribution in [0.5, 0.6) is 0 Å². The van der Waals surface area contributed by atoms with E-state index in [9.17, 15) is 9.18 Å². The highest BCUT2D eigenvalue weighted by Gasteiger charge is 2.35. The van der Waals surface area contributed by atoms with E-state index < -0.39 is 17.9 Å². The second-order valence-electron chi connectivity index (χ2n) is 6.78. The van der Waals surface area contributed by atoms with Crippen LogP contribution in [0.15, 0.2) is 30.3 Å². The average molecular weight is 308 g/mol. The van der Waals surface area contributed by atoms with Gasteiger partial charge in [-0.15, -0.1) is 0 Å². The van der Waals surface area contributed by atoms with Gasteiger partial charge in [0, 0.05) is 25.0 Å². The number of carbonyl (C=O) groups is 1. The topological polar surface area (TPSA) is 50.4 Å². The Kier molecular flexibility index (Phi) is 5.40. The van der Waals surface area contributed by atoms with Crippen LogP contribution in [0.4, 0.5) is 9.18 Å². The van der Waals surface area contributed by atoms with Gasteiger partial charge in [0.05, 0.1) is 0 Å². The lowest BCUT2D eigenvalue weighted by molar-refractivity contribution is 0.0476. The van der Waals surface area contributed by atoms with Gasteiger partial charge in [-0.3, -0.25) is 0 Å². The molecule has 3 unspecified atom stereocenters. The van der Waals surface area contributed by atoms with Gasteiger partial charge in [-0.2, -0.15) is 0 Å². The first-order valence-corrected chi connectivity index (χ1v) is 7.73. The van der Waals surface area contributed by atoms with Crippen molar-refractivity contribution in [2.75, 3.05) is 13.1 Å². The Balaban J connectivity index is 2.06. The lowest BCUT2D eigenvalue weighted by atomic mass is 9.92. The highest BCUT2D eigenvalue weighted by Crippen LogP contribution is 2.21. The van der Waals surface area contributed by atoms with Gasteiger partial charge >= 0.3 is 6.09 Å². The molecule has 0 aliphatic carbocycles. The zero-order valence-electron chi connectivity index (χ0n) is 13.4. The molecule has 0 saturated carbocycles. The van der Waals surface area contributed by atoms with Crippen molar-refractivity contribution in [3.05, 3.63) is 35.9 Å². The number of benzene rings is 1. The van der Waals surface area contributed by atoms with Crippen LogP contribution in [0.1, 0.15) is 26.3 Å². The Hall–Kier alpha value is -1.62. The minimum absolute atomic E-state index is 0.243. The van der Waals surface area contributed by atoms with E-state index in [1.165, 1.54) is 0 Å². The van der Waals surface area contributed by atoms with Crippen LogP contribution in [0.3, 0.4) is 0 Å². The summed E-state index contributed by atoms with van der Waals surface area (Å²) in [6, 6.07) is 9.51. The third-order valence-corrected chi connectivity index (χ3v) is 3.70. The van der Waals surface area contributed by atoms with Crippen molar-refractivity contribution in [2.24, 2.45) is 5.92 Å². The fourth-order valence-electron chi connectivity index (χ4n) is 2.70. The van der Waals surface area contributed by atoms with Crippen LogP contribution in [-0.2, 0) is 11.2 Å². The van der Waals surface area contributed by atoms with Crippen LogP contribution >= 0.6 is 0 Å². The van der Waals surface area contributed by atoms with Gasteiger partial charge in [0.25, 0.3) is 0 Å². The first-order valence-electron chi connectivity index (χ1n) is 7.73. The van der Waals surface area contributed by atoms with Gasteiger partial charge in [-0.1, -0.05) is 30.3 Å². The molecule has 0 radical (unpaired) electrons. The molecule has 2 rings (SSSR count). The number of carbonyl (C=O) groups excluding carboxylic acids is 1. The van der Waals surface area contributed by atoms with E-state index in [1.807, 2.05) is 51.1 Å². The molecule has 1 aromatic carbocycles. The Bertz CT molecular complexity index is 487. The molecular formula is C17H25FN2O2. The number of amides is 1. The van der Waals surface area contributed by atoms with Gasteiger partial charge in [0.1, 0.15) is 11.8 Å². The SMILES string of the molecule is CC(C)(C)OC(=O)NC(Cc1ccccc1)C1CNCC1F. The maximum Gasteiger partial charge on any atom is 0.407 e. The number of hydrogen-bond acceptors (Lipinski definition) is 3. The Morgan fingerprint density at radius 1 is 1.36 bits per heavy atom. The van der Waals surface area contributed by atoms with Crippen LogP contribution in [0.25, 0.3) is 0 Å². The van der Waals surface area contributed by atoms with Crippen molar-refractivity contribution in [1.29, 1.82) is 0 Å². The monoisotopic (exact) mass is 308 g/mol. The maximum absolute atomic E-state index is 14.1. The second-order valence-corrected chi connectivity index (χ2v) is 6.78. The number of ether oxygens (including phenoxy) is 1. The normalized spacial score (nSPS) is 23.1. The Morgan fingerprint density at radius 3 is 2.59 bits per heavy atom. The second kappa shape index (κ2) is 7.09. The Morgan fingerprint density at radius 2 is 2.05 bits per heavy atom. The van der Waals surface area contributed by atoms with Gasteiger partial charge < -0.3 is 15.4 Å². The van der Waals surface area contributed by atoms with E-state index in [1.54, 1.807) is 0 Å². The third kappa shape index (κ3) is 4.98. The zero-order valence-corrected chi connectivity index (χ0v) is 13.4. The number of hydrogen-bond donors (Lipinski definition) is 2. The highest BCUT2D eigenvalue weighted by molar-refractivity contribution is 5.68. The summed E-state index contributed by atoms with van der Waals surface area (Å²) < 4.78 is 19.4. The van der Waals surface area contributed by atoms with Gasteiger partial charge in [0.2, 0.25) is 0 Å². The molecule has 4 nitrogen and oxygen atoms in total. The molecule has 1 heterocycles. The number of alkyl halides is 1. The average Bonchev–Trinajstić information content (AvgIpc) is 2.83. The first-order chi connectivity index (χ1) is 10.3. The summed E-state index contributed by atoms with van der Waals surface area (Å²) in [5, 5.41) is 5.90. The summed E-state index contributed by atoms with van der Waals surface area (Å²) >= 11 is 0. The number of halogens is 1. The lowest BCUT2D eigenvalue weighted by Crippen LogP contribution is -2.47. The quantitative estimate of drug-likeness (QED) is 0.899. The summed E-state index contributed by atoms with van der Waals surface area (Å²) in [7, 11) is 0. The van der Waals surface area contributed by atoms with Crippen LogP contribution < -0.4 is 10.6 Å². The van der Waals surface area contributed by atoms with Crippen LogP contribution in [-0.4, -0.2) is 37.0 Å². The molecule has 1 amide bonds. The van der Waals surface area contributed by atoms with Crippen LogP contribution in [0.2, 0.25) is 0 Å². The fraction of sp³-hybridized carbons (Fsp3) is 0.588. The van der Waals surface area contributed by atoms with E-state index in [4.69, 9.17) is 4.74 Å². The molecule has 2 N–H and O–H groups in total. The molecule has 1 aliphatic rings. The zero-order chi connectivity index (χ0) is 16.2. The molecule has 1 fully saturated rings. The lowest BCUT2D eigenvalue weighted by Gasteiger charge is -2.28. The van der Waals surface area contributed by atoms with Crippen molar-refractivity contribution < 1.29 is 13.9 Å². The first kappa shape index (κ1) is 16.7. The summed E-state index contributed by atoms with van der Waals surface area (Å²) in [6.07, 6.45) is -0.858. The largest absolute Gasteiger partial charge is 0.444 e. The van der Waals surface area contributed by atoms with E-state index >= 15 is 0 Å². The molecule has 5 heteroatoms. The fourth-order valence-corrected chi connectivity index (χ4v) is 2.70. The number of nitrogens with one attached hydrogen (secondary N) is 2. The van der Waals surface area contributed by atoms with E-state index in [2.05, 4.69) is 10.6 Å². The van der Waals surface area contributed by atoms with Crippen molar-refractivity contribution in [1.82, 2.24) is 10.6 Å². The molecule has 0 bridgehead atoms. The molecule has 0 aromatic heterocycles. The molecule has 0 spiro atoms. The molecule has 1 aliphatic heterocycles. The summed E-state index contributed by atoms with van der Waals surface area (Å²) in [5.41, 5.74) is 0.507. The third-order valence-electron chi connectivity index (χ3n) is 3.70. The van der Waals surface area contributed by atoms with E-state index in [0.717, 1.165) is 5.56 Å². The molecular weight excluding hydrogens is 283 g/mol. The minimum Gasteiger partial charge on any atom is -0.444 e. The predicted molar refractivity (Wildman–Crippen MR) is 84.6 cm³/mol. The van der Waals surface area contributed by atoms with Gasteiger partial charge in [-0.05, 0) is 32.8 Å². The minimum atomic E-state index is -0.955. The van der Waals surface area contributed by atoms with Crippen molar-refractivity contribution in [3.63, 3.8) is 0 Å². The smallest absolute Gasteiger partial charge is 0.407 e. The molecule has 22 heavy (non-hydrogen) atoms.